The van der Waals surface area contributed by atoms with Gasteiger partial charge >= 0.3 is 0 Å². The average molecular weight is 259 g/mol. The van der Waals surface area contributed by atoms with Crippen LogP contribution in [0.15, 0.2) is 24.3 Å². The summed E-state index contributed by atoms with van der Waals surface area (Å²) in [5.74, 6) is 1.17. The minimum absolute atomic E-state index is 0.330. The first-order chi connectivity index (χ1) is 9.08. The highest BCUT2D eigenvalue weighted by atomic mass is 16.2. The summed E-state index contributed by atoms with van der Waals surface area (Å²) in [5.41, 5.74) is 2.57. The standard InChI is InChI=1S/C17H25NO/c1-13(2)16(15-8-6-14(3)7-9-15)12-17(19)18-10-4-5-11-18/h6-9,13,16H,4-5,10-12H2,1-3H3. The zero-order valence-electron chi connectivity index (χ0n) is 12.4. The van der Waals surface area contributed by atoms with Gasteiger partial charge in [-0.3, -0.25) is 4.79 Å². The van der Waals surface area contributed by atoms with E-state index < -0.39 is 0 Å². The van der Waals surface area contributed by atoms with Crippen LogP contribution < -0.4 is 0 Å². The van der Waals surface area contributed by atoms with Crippen molar-refractivity contribution in [2.24, 2.45) is 5.92 Å². The largest absolute Gasteiger partial charge is 0.343 e. The summed E-state index contributed by atoms with van der Waals surface area (Å²) in [7, 11) is 0. The van der Waals surface area contributed by atoms with E-state index in [1.807, 2.05) is 4.90 Å². The zero-order valence-corrected chi connectivity index (χ0v) is 12.4. The number of rotatable bonds is 4. The van der Waals surface area contributed by atoms with Crippen LogP contribution in [0.25, 0.3) is 0 Å². The van der Waals surface area contributed by atoms with Gasteiger partial charge in [0.25, 0.3) is 0 Å². The molecule has 2 heteroatoms. The van der Waals surface area contributed by atoms with Crippen LogP contribution in [0.1, 0.15) is 50.2 Å². The fourth-order valence-electron chi connectivity index (χ4n) is 2.84. The first-order valence-corrected chi connectivity index (χ1v) is 7.42. The molecule has 0 N–H and O–H groups in total. The monoisotopic (exact) mass is 259 g/mol. The second kappa shape index (κ2) is 6.23. The van der Waals surface area contributed by atoms with Crippen LogP contribution in [0.3, 0.4) is 0 Å². The summed E-state index contributed by atoms with van der Waals surface area (Å²) in [5, 5.41) is 0. The maximum absolute atomic E-state index is 12.3. The van der Waals surface area contributed by atoms with Gasteiger partial charge in [0, 0.05) is 19.5 Å². The maximum Gasteiger partial charge on any atom is 0.223 e. The predicted molar refractivity (Wildman–Crippen MR) is 79.2 cm³/mol. The third-order valence-electron chi connectivity index (χ3n) is 4.16. The van der Waals surface area contributed by atoms with Crippen molar-refractivity contribution in [1.29, 1.82) is 0 Å². The Bertz CT molecular complexity index is 415. The number of nitrogens with zero attached hydrogens (tertiary/aromatic N) is 1. The second-order valence-corrected chi connectivity index (χ2v) is 6.05. The lowest BCUT2D eigenvalue weighted by Crippen LogP contribution is -2.29. The molecule has 2 rings (SSSR count). The van der Waals surface area contributed by atoms with Gasteiger partial charge in [-0.25, -0.2) is 0 Å². The second-order valence-electron chi connectivity index (χ2n) is 6.05. The quantitative estimate of drug-likeness (QED) is 0.806. The van der Waals surface area contributed by atoms with Gasteiger partial charge in [0.15, 0.2) is 0 Å². The summed E-state index contributed by atoms with van der Waals surface area (Å²) >= 11 is 0. The Morgan fingerprint density at radius 3 is 2.26 bits per heavy atom. The number of aryl methyl sites for hydroxylation is 1. The molecule has 0 spiro atoms. The Kier molecular flexibility index (Phi) is 4.62. The molecule has 0 bridgehead atoms. The van der Waals surface area contributed by atoms with Crippen LogP contribution in [-0.4, -0.2) is 23.9 Å². The number of carbonyl (C=O) groups excluding carboxylic acids is 1. The maximum atomic E-state index is 12.3. The van der Waals surface area contributed by atoms with Crippen molar-refractivity contribution in [3.63, 3.8) is 0 Å². The molecule has 1 aromatic rings. The molecule has 104 valence electrons. The molecule has 2 nitrogen and oxygen atoms in total. The van der Waals surface area contributed by atoms with Crippen LogP contribution >= 0.6 is 0 Å². The van der Waals surface area contributed by atoms with E-state index in [4.69, 9.17) is 0 Å². The summed E-state index contributed by atoms with van der Waals surface area (Å²) in [4.78, 5) is 14.4. The molecule has 1 aromatic carbocycles. The molecule has 0 aliphatic carbocycles. The minimum atomic E-state index is 0.330. The van der Waals surface area contributed by atoms with Crippen LogP contribution in [0.5, 0.6) is 0 Å². The van der Waals surface area contributed by atoms with Gasteiger partial charge in [0.1, 0.15) is 0 Å². The number of likely N-dealkylation sites (tertiary alicyclic amines) is 1. The van der Waals surface area contributed by atoms with Crippen molar-refractivity contribution in [3.8, 4) is 0 Å². The first-order valence-electron chi connectivity index (χ1n) is 7.42. The van der Waals surface area contributed by atoms with E-state index in [9.17, 15) is 4.79 Å². The predicted octanol–water partition coefficient (Wildman–Crippen LogP) is 3.75. The van der Waals surface area contributed by atoms with Gasteiger partial charge in [0.2, 0.25) is 5.91 Å². The number of hydrogen-bond donors (Lipinski definition) is 0. The van der Waals surface area contributed by atoms with E-state index in [0.29, 0.717) is 24.2 Å². The van der Waals surface area contributed by atoms with Crippen LogP contribution in [0.4, 0.5) is 0 Å². The lowest BCUT2D eigenvalue weighted by atomic mass is 9.85. The fourth-order valence-corrected chi connectivity index (χ4v) is 2.84. The van der Waals surface area contributed by atoms with Crippen LogP contribution in [-0.2, 0) is 4.79 Å². The van der Waals surface area contributed by atoms with Gasteiger partial charge in [-0.15, -0.1) is 0 Å². The third kappa shape index (κ3) is 3.59. The summed E-state index contributed by atoms with van der Waals surface area (Å²) in [6.45, 7) is 8.43. The summed E-state index contributed by atoms with van der Waals surface area (Å²) in [6, 6.07) is 8.64. The number of carbonyl (C=O) groups is 1. The highest BCUT2D eigenvalue weighted by molar-refractivity contribution is 5.77. The molecule has 1 fully saturated rings. The molecule has 1 saturated heterocycles. The lowest BCUT2D eigenvalue weighted by Gasteiger charge is -2.24. The van der Waals surface area contributed by atoms with Crippen molar-refractivity contribution in [2.45, 2.75) is 46.0 Å². The summed E-state index contributed by atoms with van der Waals surface area (Å²) in [6.07, 6.45) is 2.99. The molecule has 1 aliphatic rings. The van der Waals surface area contributed by atoms with E-state index in [-0.39, 0.29) is 0 Å². The van der Waals surface area contributed by atoms with Crippen molar-refractivity contribution >= 4 is 5.91 Å². The molecule has 19 heavy (non-hydrogen) atoms. The zero-order chi connectivity index (χ0) is 13.8. The molecule has 0 radical (unpaired) electrons. The Morgan fingerprint density at radius 1 is 1.16 bits per heavy atom. The number of hydrogen-bond acceptors (Lipinski definition) is 1. The molecule has 0 aromatic heterocycles. The van der Waals surface area contributed by atoms with Crippen molar-refractivity contribution in [2.75, 3.05) is 13.1 Å². The number of benzene rings is 1. The van der Waals surface area contributed by atoms with E-state index in [1.165, 1.54) is 24.0 Å². The highest BCUT2D eigenvalue weighted by Crippen LogP contribution is 2.29. The van der Waals surface area contributed by atoms with E-state index in [2.05, 4.69) is 45.0 Å². The van der Waals surface area contributed by atoms with Crippen molar-refractivity contribution in [3.05, 3.63) is 35.4 Å². The Hall–Kier alpha value is -1.31. The number of amides is 1. The molecule has 1 amide bonds. The van der Waals surface area contributed by atoms with Gasteiger partial charge in [-0.05, 0) is 37.2 Å². The van der Waals surface area contributed by atoms with E-state index in [1.54, 1.807) is 0 Å². The van der Waals surface area contributed by atoms with Gasteiger partial charge < -0.3 is 4.90 Å². The van der Waals surface area contributed by atoms with E-state index in [0.717, 1.165) is 13.1 Å². The van der Waals surface area contributed by atoms with Gasteiger partial charge in [-0.2, -0.15) is 0 Å². The Labute approximate surface area is 116 Å². The molecule has 1 aliphatic heterocycles. The van der Waals surface area contributed by atoms with Crippen molar-refractivity contribution < 1.29 is 4.79 Å². The third-order valence-corrected chi connectivity index (χ3v) is 4.16. The molecular weight excluding hydrogens is 234 g/mol. The van der Waals surface area contributed by atoms with Crippen molar-refractivity contribution in [1.82, 2.24) is 4.90 Å². The van der Waals surface area contributed by atoms with Crippen LogP contribution in [0.2, 0.25) is 0 Å². The van der Waals surface area contributed by atoms with Gasteiger partial charge in [-0.1, -0.05) is 43.7 Å². The average Bonchev–Trinajstić information content (AvgIpc) is 2.90. The Balaban J connectivity index is 2.07. The van der Waals surface area contributed by atoms with Crippen LogP contribution in [0, 0.1) is 12.8 Å². The summed E-state index contributed by atoms with van der Waals surface area (Å²) < 4.78 is 0. The normalized spacial score (nSPS) is 16.9. The molecule has 0 saturated carbocycles. The highest BCUT2D eigenvalue weighted by Gasteiger charge is 2.24. The van der Waals surface area contributed by atoms with E-state index >= 15 is 0 Å². The fraction of sp³-hybridized carbons (Fsp3) is 0.588. The Morgan fingerprint density at radius 2 is 1.74 bits per heavy atom. The molecule has 1 unspecified atom stereocenters. The molecule has 1 atom stereocenters. The smallest absolute Gasteiger partial charge is 0.223 e. The topological polar surface area (TPSA) is 20.3 Å². The van der Waals surface area contributed by atoms with Gasteiger partial charge in [0.05, 0.1) is 0 Å². The first kappa shape index (κ1) is 14.1. The lowest BCUT2D eigenvalue weighted by molar-refractivity contribution is -0.130. The SMILES string of the molecule is Cc1ccc(C(CC(=O)N2CCCC2)C(C)C)cc1. The molecule has 1 heterocycles. The minimum Gasteiger partial charge on any atom is -0.343 e. The molecular formula is C17H25NO.